The Balaban J connectivity index is 2.10. The van der Waals surface area contributed by atoms with Crippen molar-refractivity contribution in [3.63, 3.8) is 0 Å². The van der Waals surface area contributed by atoms with Gasteiger partial charge in [0.1, 0.15) is 6.10 Å². The molecular formula is C18H27ClO. The monoisotopic (exact) mass is 294 g/mol. The number of hydrogen-bond acceptors (Lipinski definition) is 1. The Hall–Kier alpha value is -0.690. The van der Waals surface area contributed by atoms with Crippen LogP contribution in [0, 0.1) is 17.3 Å². The lowest BCUT2D eigenvalue weighted by Crippen LogP contribution is -2.52. The third kappa shape index (κ3) is 2.98. The van der Waals surface area contributed by atoms with Crippen LogP contribution in [0.4, 0.5) is 0 Å². The molecule has 2 aliphatic rings. The first-order valence-corrected chi connectivity index (χ1v) is 8.26. The van der Waals surface area contributed by atoms with Crippen LogP contribution in [0.3, 0.4) is 0 Å². The highest BCUT2D eigenvalue weighted by molar-refractivity contribution is 6.17. The Labute approximate surface area is 128 Å². The molecule has 112 valence electrons. The molecule has 1 nitrogen and oxygen atoms in total. The van der Waals surface area contributed by atoms with Gasteiger partial charge in [0, 0.05) is 11.8 Å². The number of alkyl halides is 1. The van der Waals surface area contributed by atoms with Crippen molar-refractivity contribution in [2.75, 3.05) is 5.88 Å². The van der Waals surface area contributed by atoms with Crippen molar-refractivity contribution >= 4 is 11.6 Å². The van der Waals surface area contributed by atoms with Gasteiger partial charge in [-0.3, -0.25) is 0 Å². The Morgan fingerprint density at radius 3 is 2.85 bits per heavy atom. The largest absolute Gasteiger partial charge is 0.493 e. The fourth-order valence-corrected chi connectivity index (χ4v) is 3.88. The van der Waals surface area contributed by atoms with Gasteiger partial charge in [0.15, 0.2) is 0 Å². The van der Waals surface area contributed by atoms with Crippen LogP contribution >= 0.6 is 11.6 Å². The zero-order chi connectivity index (χ0) is 14.8. The van der Waals surface area contributed by atoms with Gasteiger partial charge in [-0.05, 0) is 51.9 Å². The van der Waals surface area contributed by atoms with E-state index in [9.17, 15) is 0 Å². The molecule has 1 saturated heterocycles. The van der Waals surface area contributed by atoms with E-state index in [-0.39, 0.29) is 11.5 Å². The maximum atomic E-state index is 5.96. The van der Waals surface area contributed by atoms with Crippen LogP contribution in [-0.4, -0.2) is 12.0 Å². The molecular weight excluding hydrogens is 268 g/mol. The van der Waals surface area contributed by atoms with Crippen molar-refractivity contribution in [2.45, 2.75) is 52.1 Å². The predicted molar refractivity (Wildman–Crippen MR) is 86.9 cm³/mol. The highest BCUT2D eigenvalue weighted by Gasteiger charge is 2.53. The van der Waals surface area contributed by atoms with E-state index in [0.29, 0.717) is 17.7 Å². The standard InChI is InChI=1S/C18H27ClO/c1-13(2)16(10-11-19)17-18(4,14(3)20-17)12-15-8-6-5-7-9-15/h6,8,15-17H,1,3,5,7,9-12H2,2,4H3. The molecule has 1 heterocycles. The van der Waals surface area contributed by atoms with Crippen molar-refractivity contribution in [1.82, 2.24) is 0 Å². The van der Waals surface area contributed by atoms with Gasteiger partial charge in [-0.1, -0.05) is 30.9 Å². The zero-order valence-electron chi connectivity index (χ0n) is 12.8. The van der Waals surface area contributed by atoms with Gasteiger partial charge >= 0.3 is 0 Å². The Morgan fingerprint density at radius 2 is 2.35 bits per heavy atom. The van der Waals surface area contributed by atoms with Crippen molar-refractivity contribution in [3.05, 3.63) is 36.6 Å². The molecule has 0 N–H and O–H groups in total. The number of halogens is 1. The molecule has 0 radical (unpaired) electrons. The van der Waals surface area contributed by atoms with Crippen molar-refractivity contribution < 1.29 is 4.74 Å². The minimum absolute atomic E-state index is 0.0715. The normalized spacial score (nSPS) is 34.2. The molecule has 0 aromatic carbocycles. The summed E-state index contributed by atoms with van der Waals surface area (Å²) in [5.74, 6) is 2.61. The van der Waals surface area contributed by atoms with E-state index in [1.807, 2.05) is 0 Å². The molecule has 0 aromatic heterocycles. The molecule has 1 aliphatic carbocycles. The second kappa shape index (κ2) is 6.39. The van der Waals surface area contributed by atoms with Crippen LogP contribution in [-0.2, 0) is 4.74 Å². The van der Waals surface area contributed by atoms with Gasteiger partial charge in [-0.2, -0.15) is 0 Å². The molecule has 1 fully saturated rings. The summed E-state index contributed by atoms with van der Waals surface area (Å²) in [6.45, 7) is 12.6. The molecule has 4 atom stereocenters. The molecule has 2 rings (SSSR count). The minimum Gasteiger partial charge on any atom is -0.493 e. The summed E-state index contributed by atoms with van der Waals surface area (Å²) in [5.41, 5.74) is 1.25. The lowest BCUT2D eigenvalue weighted by molar-refractivity contribution is -0.139. The maximum absolute atomic E-state index is 5.96. The maximum Gasteiger partial charge on any atom is 0.117 e. The zero-order valence-corrected chi connectivity index (χ0v) is 13.6. The lowest BCUT2D eigenvalue weighted by atomic mass is 9.64. The van der Waals surface area contributed by atoms with Crippen LogP contribution in [0.15, 0.2) is 36.6 Å². The smallest absolute Gasteiger partial charge is 0.117 e. The van der Waals surface area contributed by atoms with Gasteiger partial charge in [0.25, 0.3) is 0 Å². The molecule has 0 spiro atoms. The molecule has 0 amide bonds. The lowest BCUT2D eigenvalue weighted by Gasteiger charge is -2.53. The highest BCUT2D eigenvalue weighted by Crippen LogP contribution is 2.53. The molecule has 4 unspecified atom stereocenters. The first kappa shape index (κ1) is 15.7. The average Bonchev–Trinajstić information content (AvgIpc) is 2.43. The Bertz CT molecular complexity index is 412. The van der Waals surface area contributed by atoms with Crippen LogP contribution in [0.1, 0.15) is 46.0 Å². The molecule has 0 aromatic rings. The van der Waals surface area contributed by atoms with Crippen molar-refractivity contribution in [3.8, 4) is 0 Å². The molecule has 20 heavy (non-hydrogen) atoms. The van der Waals surface area contributed by atoms with Gasteiger partial charge in [0.2, 0.25) is 0 Å². The van der Waals surface area contributed by atoms with Crippen molar-refractivity contribution in [2.24, 2.45) is 17.3 Å². The predicted octanol–water partition coefficient (Wildman–Crippen LogP) is 5.47. The van der Waals surface area contributed by atoms with Gasteiger partial charge in [-0.15, -0.1) is 11.6 Å². The van der Waals surface area contributed by atoms with E-state index in [2.05, 4.69) is 39.2 Å². The molecule has 0 saturated carbocycles. The second-order valence-electron chi connectivity index (χ2n) is 6.63. The van der Waals surface area contributed by atoms with Gasteiger partial charge in [0.05, 0.1) is 11.2 Å². The number of hydrogen-bond donors (Lipinski definition) is 0. The van der Waals surface area contributed by atoms with E-state index in [1.165, 1.54) is 24.8 Å². The third-order valence-electron chi connectivity index (χ3n) is 4.99. The van der Waals surface area contributed by atoms with Crippen molar-refractivity contribution in [1.29, 1.82) is 0 Å². The summed E-state index contributed by atoms with van der Waals surface area (Å²) in [7, 11) is 0. The highest BCUT2D eigenvalue weighted by atomic mass is 35.5. The Kier molecular flexibility index (Phi) is 5.01. The Morgan fingerprint density at radius 1 is 1.60 bits per heavy atom. The van der Waals surface area contributed by atoms with E-state index in [0.717, 1.165) is 18.6 Å². The number of rotatable bonds is 6. The minimum atomic E-state index is 0.0715. The fourth-order valence-electron chi connectivity index (χ4n) is 3.65. The molecule has 0 bridgehead atoms. The summed E-state index contributed by atoms with van der Waals surface area (Å²) in [6.07, 6.45) is 10.8. The average molecular weight is 295 g/mol. The molecule has 1 aliphatic heterocycles. The summed E-state index contributed by atoms with van der Waals surface area (Å²) < 4.78 is 5.93. The SMILES string of the molecule is C=C(C)C(CCCl)C1OC(=C)C1(C)CC1C=CCCC1. The first-order valence-electron chi connectivity index (χ1n) is 7.73. The van der Waals surface area contributed by atoms with Gasteiger partial charge < -0.3 is 4.74 Å². The van der Waals surface area contributed by atoms with E-state index < -0.39 is 0 Å². The topological polar surface area (TPSA) is 9.23 Å². The van der Waals surface area contributed by atoms with Crippen LogP contribution in [0.5, 0.6) is 0 Å². The summed E-state index contributed by atoms with van der Waals surface area (Å²) in [5, 5.41) is 0. The summed E-state index contributed by atoms with van der Waals surface area (Å²) in [6, 6.07) is 0. The number of allylic oxidation sites excluding steroid dienone is 2. The van der Waals surface area contributed by atoms with E-state index in [1.54, 1.807) is 0 Å². The summed E-state index contributed by atoms with van der Waals surface area (Å²) in [4.78, 5) is 0. The first-order chi connectivity index (χ1) is 9.49. The van der Waals surface area contributed by atoms with Crippen LogP contribution < -0.4 is 0 Å². The molecule has 2 heteroatoms. The van der Waals surface area contributed by atoms with Gasteiger partial charge in [-0.25, -0.2) is 0 Å². The summed E-state index contributed by atoms with van der Waals surface area (Å²) >= 11 is 5.96. The van der Waals surface area contributed by atoms with Crippen LogP contribution in [0.25, 0.3) is 0 Å². The van der Waals surface area contributed by atoms with E-state index >= 15 is 0 Å². The van der Waals surface area contributed by atoms with Crippen LogP contribution in [0.2, 0.25) is 0 Å². The quantitative estimate of drug-likeness (QED) is 0.466. The van der Waals surface area contributed by atoms with E-state index in [4.69, 9.17) is 16.3 Å². The second-order valence-corrected chi connectivity index (χ2v) is 7.01. The number of ether oxygens (including phenoxy) is 1. The fraction of sp³-hybridized carbons (Fsp3) is 0.667. The third-order valence-corrected chi connectivity index (χ3v) is 5.21.